The van der Waals surface area contributed by atoms with E-state index in [0.717, 1.165) is 6.42 Å². The second kappa shape index (κ2) is 7.27. The second-order valence-electron chi connectivity index (χ2n) is 4.94. The van der Waals surface area contributed by atoms with Crippen molar-refractivity contribution in [2.75, 3.05) is 20.1 Å². The van der Waals surface area contributed by atoms with Crippen molar-refractivity contribution in [3.05, 3.63) is 0 Å². The van der Waals surface area contributed by atoms with Gasteiger partial charge in [0.25, 0.3) is 0 Å². The lowest BCUT2D eigenvalue weighted by Crippen LogP contribution is -2.45. The predicted octanol–water partition coefficient (Wildman–Crippen LogP) is 0.263. The summed E-state index contributed by atoms with van der Waals surface area (Å²) in [5.74, 6) is -0.0700. The lowest BCUT2D eigenvalue weighted by atomic mass is 9.92. The standard InChI is InChI=1S/C12H25N3O2/c1-6-9(2)15-10(16)7-14-8-12(3,4)11(17)13-5/h9,14H,6-8H2,1-5H3,(H,13,17)(H,15,16). The molecule has 0 heterocycles. The van der Waals surface area contributed by atoms with Crippen LogP contribution in [0.3, 0.4) is 0 Å². The first-order valence-corrected chi connectivity index (χ1v) is 6.05. The summed E-state index contributed by atoms with van der Waals surface area (Å²) in [6.45, 7) is 8.38. The summed E-state index contributed by atoms with van der Waals surface area (Å²) in [5, 5.41) is 8.46. The molecule has 5 heteroatoms. The van der Waals surface area contributed by atoms with Gasteiger partial charge in [0.05, 0.1) is 12.0 Å². The SMILES string of the molecule is CCC(C)NC(=O)CNCC(C)(C)C(=O)NC. The van der Waals surface area contributed by atoms with Crippen molar-refractivity contribution < 1.29 is 9.59 Å². The van der Waals surface area contributed by atoms with Gasteiger partial charge in [0.2, 0.25) is 11.8 Å². The van der Waals surface area contributed by atoms with Crippen molar-refractivity contribution >= 4 is 11.8 Å². The molecule has 0 aromatic heterocycles. The summed E-state index contributed by atoms with van der Waals surface area (Å²) in [6.07, 6.45) is 0.912. The zero-order valence-corrected chi connectivity index (χ0v) is 11.5. The van der Waals surface area contributed by atoms with E-state index in [9.17, 15) is 9.59 Å². The van der Waals surface area contributed by atoms with Crippen molar-refractivity contribution in [2.24, 2.45) is 5.41 Å². The maximum absolute atomic E-state index is 11.5. The number of carbonyl (C=O) groups excluding carboxylic acids is 2. The first kappa shape index (κ1) is 15.9. The third kappa shape index (κ3) is 6.26. The average molecular weight is 243 g/mol. The summed E-state index contributed by atoms with van der Waals surface area (Å²) in [6, 6.07) is 0.191. The van der Waals surface area contributed by atoms with Gasteiger partial charge < -0.3 is 16.0 Å². The molecule has 0 saturated heterocycles. The first-order chi connectivity index (χ1) is 7.83. The van der Waals surface area contributed by atoms with Crippen LogP contribution >= 0.6 is 0 Å². The molecule has 0 bridgehead atoms. The molecule has 100 valence electrons. The van der Waals surface area contributed by atoms with E-state index in [-0.39, 0.29) is 24.4 Å². The molecule has 1 atom stereocenters. The fourth-order valence-corrected chi connectivity index (χ4v) is 1.34. The van der Waals surface area contributed by atoms with Crippen LogP contribution in [0, 0.1) is 5.41 Å². The molecule has 3 N–H and O–H groups in total. The van der Waals surface area contributed by atoms with Gasteiger partial charge >= 0.3 is 0 Å². The maximum atomic E-state index is 11.5. The molecule has 0 fully saturated rings. The molecular formula is C12H25N3O2. The number of nitrogens with one attached hydrogen (secondary N) is 3. The van der Waals surface area contributed by atoms with Gasteiger partial charge in [-0.2, -0.15) is 0 Å². The van der Waals surface area contributed by atoms with Crippen LogP contribution in [-0.4, -0.2) is 38.0 Å². The van der Waals surface area contributed by atoms with E-state index in [4.69, 9.17) is 0 Å². The van der Waals surface area contributed by atoms with Gasteiger partial charge in [-0.3, -0.25) is 9.59 Å². The Balaban J connectivity index is 3.91. The summed E-state index contributed by atoms with van der Waals surface area (Å²) in [4.78, 5) is 22.9. The topological polar surface area (TPSA) is 70.2 Å². The lowest BCUT2D eigenvalue weighted by Gasteiger charge is -2.23. The van der Waals surface area contributed by atoms with E-state index in [1.807, 2.05) is 27.7 Å². The third-order valence-electron chi connectivity index (χ3n) is 2.71. The Hall–Kier alpha value is -1.10. The highest BCUT2D eigenvalue weighted by Gasteiger charge is 2.26. The molecule has 0 spiro atoms. The number of carbonyl (C=O) groups is 2. The van der Waals surface area contributed by atoms with Crippen LogP contribution in [0.1, 0.15) is 34.1 Å². The number of hydrogen-bond acceptors (Lipinski definition) is 3. The Morgan fingerprint density at radius 2 is 1.88 bits per heavy atom. The molecule has 2 amide bonds. The fraction of sp³-hybridized carbons (Fsp3) is 0.833. The summed E-state index contributed by atoms with van der Waals surface area (Å²) >= 11 is 0. The molecule has 1 unspecified atom stereocenters. The number of rotatable bonds is 7. The van der Waals surface area contributed by atoms with Crippen molar-refractivity contribution in [1.82, 2.24) is 16.0 Å². The highest BCUT2D eigenvalue weighted by atomic mass is 16.2. The molecule has 0 aromatic carbocycles. The normalized spacial score (nSPS) is 13.0. The molecule has 0 aliphatic carbocycles. The highest BCUT2D eigenvalue weighted by molar-refractivity contribution is 5.82. The minimum atomic E-state index is -0.509. The monoisotopic (exact) mass is 243 g/mol. The third-order valence-corrected chi connectivity index (χ3v) is 2.71. The largest absolute Gasteiger partial charge is 0.359 e. The zero-order valence-electron chi connectivity index (χ0n) is 11.5. The molecule has 0 radical (unpaired) electrons. The van der Waals surface area contributed by atoms with Crippen molar-refractivity contribution in [3.8, 4) is 0 Å². The van der Waals surface area contributed by atoms with Crippen LogP contribution in [0.5, 0.6) is 0 Å². The average Bonchev–Trinajstić information content (AvgIpc) is 2.27. The molecule has 0 aliphatic heterocycles. The smallest absolute Gasteiger partial charge is 0.234 e. The Labute approximate surface area is 104 Å². The minimum absolute atomic E-state index is 0.0349. The molecule has 0 rings (SSSR count). The molecule has 5 nitrogen and oxygen atoms in total. The van der Waals surface area contributed by atoms with Gasteiger partial charge in [0, 0.05) is 19.6 Å². The minimum Gasteiger partial charge on any atom is -0.359 e. The van der Waals surface area contributed by atoms with Crippen molar-refractivity contribution in [2.45, 2.75) is 40.2 Å². The Bertz CT molecular complexity index is 264. The highest BCUT2D eigenvalue weighted by Crippen LogP contribution is 2.12. The van der Waals surface area contributed by atoms with E-state index < -0.39 is 5.41 Å². The second-order valence-corrected chi connectivity index (χ2v) is 4.94. The summed E-state index contributed by atoms with van der Waals surface area (Å²) < 4.78 is 0. The quantitative estimate of drug-likeness (QED) is 0.601. The first-order valence-electron chi connectivity index (χ1n) is 6.05. The number of amides is 2. The Morgan fingerprint density at radius 1 is 1.29 bits per heavy atom. The maximum Gasteiger partial charge on any atom is 0.234 e. The van der Waals surface area contributed by atoms with Gasteiger partial charge in [-0.05, 0) is 27.2 Å². The molecular weight excluding hydrogens is 218 g/mol. The molecule has 0 saturated carbocycles. The van der Waals surface area contributed by atoms with Crippen LogP contribution in [0.15, 0.2) is 0 Å². The van der Waals surface area contributed by atoms with Crippen LogP contribution in [0.4, 0.5) is 0 Å². The number of hydrogen-bond donors (Lipinski definition) is 3. The zero-order chi connectivity index (χ0) is 13.5. The van der Waals surface area contributed by atoms with Gasteiger partial charge in [-0.1, -0.05) is 6.92 Å². The van der Waals surface area contributed by atoms with E-state index >= 15 is 0 Å². The van der Waals surface area contributed by atoms with Gasteiger partial charge in [0.15, 0.2) is 0 Å². The van der Waals surface area contributed by atoms with E-state index in [2.05, 4.69) is 16.0 Å². The van der Waals surface area contributed by atoms with E-state index in [0.29, 0.717) is 6.54 Å². The summed E-state index contributed by atoms with van der Waals surface area (Å²) in [5.41, 5.74) is -0.509. The fourth-order valence-electron chi connectivity index (χ4n) is 1.34. The van der Waals surface area contributed by atoms with Crippen LogP contribution in [0.25, 0.3) is 0 Å². The van der Waals surface area contributed by atoms with Crippen LogP contribution in [-0.2, 0) is 9.59 Å². The van der Waals surface area contributed by atoms with Crippen molar-refractivity contribution in [3.63, 3.8) is 0 Å². The summed E-state index contributed by atoms with van der Waals surface area (Å²) in [7, 11) is 1.61. The van der Waals surface area contributed by atoms with E-state index in [1.165, 1.54) is 0 Å². The van der Waals surface area contributed by atoms with Crippen LogP contribution < -0.4 is 16.0 Å². The van der Waals surface area contributed by atoms with Gasteiger partial charge in [-0.15, -0.1) is 0 Å². The molecule has 0 aromatic rings. The van der Waals surface area contributed by atoms with Gasteiger partial charge in [0.1, 0.15) is 0 Å². The van der Waals surface area contributed by atoms with Crippen LogP contribution in [0.2, 0.25) is 0 Å². The Morgan fingerprint density at radius 3 is 2.35 bits per heavy atom. The molecule has 0 aliphatic rings. The van der Waals surface area contributed by atoms with E-state index in [1.54, 1.807) is 7.05 Å². The Kier molecular flexibility index (Phi) is 6.80. The molecule has 17 heavy (non-hydrogen) atoms. The van der Waals surface area contributed by atoms with Crippen molar-refractivity contribution in [1.29, 1.82) is 0 Å². The van der Waals surface area contributed by atoms with Gasteiger partial charge in [-0.25, -0.2) is 0 Å². The lowest BCUT2D eigenvalue weighted by molar-refractivity contribution is -0.129. The predicted molar refractivity (Wildman–Crippen MR) is 68.6 cm³/mol.